The van der Waals surface area contributed by atoms with Crippen LogP contribution >= 0.6 is 0 Å². The largest absolute Gasteiger partial charge is 0.360 e. The Morgan fingerprint density at radius 3 is 2.80 bits per heavy atom. The molecule has 15 heavy (non-hydrogen) atoms. The number of aldehydes is 1. The first-order chi connectivity index (χ1) is 7.22. The Balaban J connectivity index is 2.58. The second-order valence-corrected chi connectivity index (χ2v) is 3.23. The van der Waals surface area contributed by atoms with Crippen LogP contribution in [0, 0.1) is 6.92 Å². The molecular weight excluding hydrogens is 194 g/mol. The summed E-state index contributed by atoms with van der Waals surface area (Å²) in [6.45, 7) is 1.67. The first-order valence-corrected chi connectivity index (χ1v) is 4.46. The van der Waals surface area contributed by atoms with Crippen molar-refractivity contribution in [3.63, 3.8) is 0 Å². The molecule has 2 rings (SSSR count). The highest BCUT2D eigenvalue weighted by molar-refractivity contribution is 5.78. The SMILES string of the molecule is Cc1c(-c2cccc(C=O)c2)[nH]oc1=O. The van der Waals surface area contributed by atoms with Gasteiger partial charge >= 0.3 is 5.63 Å². The third-order valence-electron chi connectivity index (χ3n) is 2.24. The second kappa shape index (κ2) is 3.57. The molecule has 0 amide bonds. The van der Waals surface area contributed by atoms with Crippen molar-refractivity contribution in [3.05, 3.63) is 45.8 Å². The fourth-order valence-electron chi connectivity index (χ4n) is 1.40. The molecule has 0 radical (unpaired) electrons. The van der Waals surface area contributed by atoms with Gasteiger partial charge in [-0.25, -0.2) is 9.95 Å². The van der Waals surface area contributed by atoms with Gasteiger partial charge in [0.25, 0.3) is 0 Å². The topological polar surface area (TPSA) is 63.1 Å². The van der Waals surface area contributed by atoms with E-state index in [0.29, 0.717) is 16.8 Å². The molecule has 4 heteroatoms. The number of benzene rings is 1. The molecular formula is C11H9NO3. The number of aromatic amines is 1. The lowest BCUT2D eigenvalue weighted by Crippen LogP contribution is -1.95. The fourth-order valence-corrected chi connectivity index (χ4v) is 1.40. The van der Waals surface area contributed by atoms with E-state index in [4.69, 9.17) is 0 Å². The van der Waals surface area contributed by atoms with E-state index in [2.05, 4.69) is 9.68 Å². The molecule has 1 heterocycles. The van der Waals surface area contributed by atoms with Gasteiger partial charge in [0.05, 0.1) is 11.3 Å². The number of hydrogen-bond acceptors (Lipinski definition) is 3. The molecule has 0 atom stereocenters. The molecule has 0 aliphatic carbocycles. The van der Waals surface area contributed by atoms with E-state index >= 15 is 0 Å². The first kappa shape index (κ1) is 9.45. The lowest BCUT2D eigenvalue weighted by atomic mass is 10.1. The average molecular weight is 203 g/mol. The van der Waals surface area contributed by atoms with Crippen molar-refractivity contribution in [3.8, 4) is 11.3 Å². The van der Waals surface area contributed by atoms with Crippen LogP contribution in [0.25, 0.3) is 11.3 Å². The summed E-state index contributed by atoms with van der Waals surface area (Å²) >= 11 is 0. The Hall–Kier alpha value is -2.10. The van der Waals surface area contributed by atoms with E-state index < -0.39 is 0 Å². The lowest BCUT2D eigenvalue weighted by Gasteiger charge is -1.98. The Morgan fingerprint density at radius 1 is 1.40 bits per heavy atom. The van der Waals surface area contributed by atoms with Gasteiger partial charge in [-0.2, -0.15) is 0 Å². The molecule has 76 valence electrons. The summed E-state index contributed by atoms with van der Waals surface area (Å²) in [5, 5.41) is 2.54. The Kier molecular flexibility index (Phi) is 2.25. The van der Waals surface area contributed by atoms with Crippen LogP contribution in [0.3, 0.4) is 0 Å². The molecule has 0 fully saturated rings. The summed E-state index contributed by atoms with van der Waals surface area (Å²) in [4.78, 5) is 21.7. The second-order valence-electron chi connectivity index (χ2n) is 3.23. The number of H-pyrrole nitrogens is 1. The van der Waals surface area contributed by atoms with E-state index in [1.165, 1.54) is 0 Å². The van der Waals surface area contributed by atoms with E-state index in [-0.39, 0.29) is 5.63 Å². The minimum absolute atomic E-state index is 0.387. The molecule has 1 aromatic heterocycles. The summed E-state index contributed by atoms with van der Waals surface area (Å²) in [5.74, 6) is 0. The molecule has 0 saturated heterocycles. The van der Waals surface area contributed by atoms with Gasteiger partial charge in [-0.3, -0.25) is 4.79 Å². The minimum atomic E-state index is -0.387. The fraction of sp³-hybridized carbons (Fsp3) is 0.0909. The number of aromatic nitrogens is 1. The zero-order valence-corrected chi connectivity index (χ0v) is 8.11. The summed E-state index contributed by atoms with van der Waals surface area (Å²) in [7, 11) is 0. The Bertz CT molecular complexity index is 551. The van der Waals surface area contributed by atoms with Crippen LogP contribution in [-0.2, 0) is 0 Å². The number of rotatable bonds is 2. The Morgan fingerprint density at radius 2 is 2.20 bits per heavy atom. The number of carbonyl (C=O) groups is 1. The predicted octanol–water partition coefficient (Wildman–Crippen LogP) is 1.76. The van der Waals surface area contributed by atoms with Gasteiger partial charge in [-0.15, -0.1) is 0 Å². The van der Waals surface area contributed by atoms with Gasteiger partial charge in [-0.05, 0) is 13.0 Å². The van der Waals surface area contributed by atoms with E-state index in [1.807, 2.05) is 0 Å². The highest BCUT2D eigenvalue weighted by Crippen LogP contribution is 2.19. The lowest BCUT2D eigenvalue weighted by molar-refractivity contribution is 0.112. The summed E-state index contributed by atoms with van der Waals surface area (Å²) < 4.78 is 4.65. The van der Waals surface area contributed by atoms with Crippen LogP contribution < -0.4 is 5.63 Å². The van der Waals surface area contributed by atoms with Crippen LogP contribution in [0.4, 0.5) is 0 Å². The van der Waals surface area contributed by atoms with Gasteiger partial charge in [0.1, 0.15) is 6.29 Å². The highest BCUT2D eigenvalue weighted by atomic mass is 16.5. The van der Waals surface area contributed by atoms with Crippen LogP contribution in [-0.4, -0.2) is 11.4 Å². The van der Waals surface area contributed by atoms with Gasteiger partial charge in [0.2, 0.25) is 0 Å². The van der Waals surface area contributed by atoms with Gasteiger partial charge in [-0.1, -0.05) is 18.2 Å². The number of carbonyl (C=O) groups excluding carboxylic acids is 1. The van der Waals surface area contributed by atoms with Crippen molar-refractivity contribution in [2.24, 2.45) is 0 Å². The summed E-state index contributed by atoms with van der Waals surface area (Å²) in [6.07, 6.45) is 0.761. The van der Waals surface area contributed by atoms with Crippen LogP contribution in [0.1, 0.15) is 15.9 Å². The van der Waals surface area contributed by atoms with Crippen molar-refractivity contribution in [2.75, 3.05) is 0 Å². The first-order valence-electron chi connectivity index (χ1n) is 4.46. The maximum Gasteiger partial charge on any atom is 0.360 e. The van der Waals surface area contributed by atoms with E-state index in [1.54, 1.807) is 31.2 Å². The number of hydrogen-bond donors (Lipinski definition) is 1. The predicted molar refractivity (Wildman–Crippen MR) is 54.9 cm³/mol. The summed E-state index contributed by atoms with van der Waals surface area (Å²) in [5.41, 5.74) is 2.07. The molecule has 0 saturated carbocycles. The van der Waals surface area contributed by atoms with Crippen molar-refractivity contribution < 1.29 is 9.32 Å². The van der Waals surface area contributed by atoms with Crippen LogP contribution in [0.2, 0.25) is 0 Å². The molecule has 0 bridgehead atoms. The number of nitrogens with one attached hydrogen (secondary N) is 1. The van der Waals surface area contributed by atoms with Crippen molar-refractivity contribution in [1.82, 2.24) is 5.16 Å². The maximum atomic E-state index is 11.1. The van der Waals surface area contributed by atoms with Gasteiger partial charge in [0, 0.05) is 11.1 Å². The van der Waals surface area contributed by atoms with E-state index in [0.717, 1.165) is 11.8 Å². The van der Waals surface area contributed by atoms with E-state index in [9.17, 15) is 9.59 Å². The van der Waals surface area contributed by atoms with Gasteiger partial charge in [0.15, 0.2) is 0 Å². The van der Waals surface area contributed by atoms with Crippen molar-refractivity contribution in [1.29, 1.82) is 0 Å². The quantitative estimate of drug-likeness (QED) is 0.756. The van der Waals surface area contributed by atoms with Crippen LogP contribution in [0.5, 0.6) is 0 Å². The van der Waals surface area contributed by atoms with Crippen molar-refractivity contribution >= 4 is 6.29 Å². The molecule has 1 N–H and O–H groups in total. The third kappa shape index (κ3) is 1.61. The normalized spacial score (nSPS) is 10.2. The molecule has 0 unspecified atom stereocenters. The van der Waals surface area contributed by atoms with Gasteiger partial charge < -0.3 is 4.52 Å². The van der Waals surface area contributed by atoms with Crippen LogP contribution in [0.15, 0.2) is 33.6 Å². The van der Waals surface area contributed by atoms with Crippen molar-refractivity contribution in [2.45, 2.75) is 6.92 Å². The summed E-state index contributed by atoms with van der Waals surface area (Å²) in [6, 6.07) is 6.95. The Labute approximate surface area is 85.5 Å². The minimum Gasteiger partial charge on any atom is -0.338 e. The zero-order chi connectivity index (χ0) is 10.8. The third-order valence-corrected chi connectivity index (χ3v) is 2.24. The standard InChI is InChI=1S/C11H9NO3/c1-7-10(12-15-11(7)14)9-4-2-3-8(5-9)6-13/h2-6,12H,1H3. The molecule has 0 aliphatic rings. The highest BCUT2D eigenvalue weighted by Gasteiger charge is 2.09. The molecule has 4 nitrogen and oxygen atoms in total. The smallest absolute Gasteiger partial charge is 0.338 e. The molecule has 0 aliphatic heterocycles. The molecule has 1 aromatic carbocycles. The monoisotopic (exact) mass is 203 g/mol. The molecule has 2 aromatic rings. The molecule has 0 spiro atoms. The average Bonchev–Trinajstić information content (AvgIpc) is 2.60. The zero-order valence-electron chi connectivity index (χ0n) is 8.11. The maximum absolute atomic E-state index is 11.1.